The van der Waals surface area contributed by atoms with Crippen molar-refractivity contribution in [3.05, 3.63) is 64.7 Å². The monoisotopic (exact) mass is 407 g/mol. The number of nitrogens with one attached hydrogen (secondary N) is 2. The van der Waals surface area contributed by atoms with Gasteiger partial charge >= 0.3 is 6.03 Å². The molecule has 2 aromatic carbocycles. The smallest absolute Gasteiger partial charge is 0.319 e. The average molecular weight is 408 g/mol. The van der Waals surface area contributed by atoms with E-state index >= 15 is 0 Å². The van der Waals surface area contributed by atoms with Crippen molar-refractivity contribution in [3.8, 4) is 0 Å². The zero-order valence-electron chi connectivity index (χ0n) is 15.0. The van der Waals surface area contributed by atoms with E-state index in [0.717, 1.165) is 17.5 Å². The average Bonchev–Trinajstić information content (AvgIpc) is 3.12. The zero-order valence-corrected chi connectivity index (χ0v) is 16.6. The Morgan fingerprint density at radius 3 is 2.41 bits per heavy atom. The van der Waals surface area contributed by atoms with Crippen molar-refractivity contribution in [3.63, 3.8) is 0 Å². The van der Waals surface area contributed by atoms with E-state index < -0.39 is 10.0 Å². The van der Waals surface area contributed by atoms with Crippen molar-refractivity contribution in [2.45, 2.75) is 18.9 Å². The summed E-state index contributed by atoms with van der Waals surface area (Å²) in [6.07, 6.45) is 2.05. The van der Waals surface area contributed by atoms with Gasteiger partial charge < -0.3 is 10.6 Å². The van der Waals surface area contributed by atoms with Crippen LogP contribution in [0.4, 0.5) is 10.5 Å². The molecule has 0 radical (unpaired) electrons. The van der Waals surface area contributed by atoms with Crippen LogP contribution in [-0.4, -0.2) is 38.1 Å². The van der Waals surface area contributed by atoms with Gasteiger partial charge in [-0.3, -0.25) is 0 Å². The van der Waals surface area contributed by atoms with E-state index in [1.807, 2.05) is 36.4 Å². The van der Waals surface area contributed by atoms with Gasteiger partial charge in [-0.05, 0) is 47.7 Å². The van der Waals surface area contributed by atoms with Crippen LogP contribution in [0.5, 0.6) is 0 Å². The van der Waals surface area contributed by atoms with Crippen LogP contribution in [-0.2, 0) is 16.6 Å². The standard InChI is InChI=1S/C19H22ClN3O3S/c1-27(25,26)23-11-10-16(13-23)15-4-8-18(9-5-15)22-19(24)21-12-14-2-6-17(20)7-3-14/h2-9,16H,10-13H2,1H3,(H2,21,22,24)/t16-/m1/s1. The van der Waals surface area contributed by atoms with Crippen LogP contribution in [0.15, 0.2) is 48.5 Å². The Bertz CT molecular complexity index is 899. The molecule has 2 aromatic rings. The van der Waals surface area contributed by atoms with E-state index in [4.69, 9.17) is 11.6 Å². The lowest BCUT2D eigenvalue weighted by molar-refractivity contribution is 0.251. The van der Waals surface area contributed by atoms with Gasteiger partial charge in [0.15, 0.2) is 0 Å². The Morgan fingerprint density at radius 2 is 1.81 bits per heavy atom. The van der Waals surface area contributed by atoms with Gasteiger partial charge in [-0.15, -0.1) is 0 Å². The molecule has 1 atom stereocenters. The number of amides is 2. The minimum Gasteiger partial charge on any atom is -0.334 e. The zero-order chi connectivity index (χ0) is 19.4. The van der Waals surface area contributed by atoms with Crippen LogP contribution >= 0.6 is 11.6 Å². The summed E-state index contributed by atoms with van der Waals surface area (Å²) in [5, 5.41) is 6.24. The van der Waals surface area contributed by atoms with Crippen molar-refractivity contribution in [1.82, 2.24) is 9.62 Å². The molecule has 6 nitrogen and oxygen atoms in total. The summed E-state index contributed by atoms with van der Waals surface area (Å²) in [5.41, 5.74) is 2.72. The van der Waals surface area contributed by atoms with Crippen molar-refractivity contribution in [1.29, 1.82) is 0 Å². The fraction of sp³-hybridized carbons (Fsp3) is 0.316. The summed E-state index contributed by atoms with van der Waals surface area (Å²) >= 11 is 5.84. The second kappa shape index (κ2) is 8.29. The molecular formula is C19H22ClN3O3S. The van der Waals surface area contributed by atoms with Crippen molar-refractivity contribution in [2.75, 3.05) is 24.7 Å². The minimum atomic E-state index is -3.14. The van der Waals surface area contributed by atoms with Gasteiger partial charge in [-0.25, -0.2) is 17.5 Å². The third-order valence-corrected chi connectivity index (χ3v) is 6.15. The first-order valence-electron chi connectivity index (χ1n) is 8.65. The summed E-state index contributed by atoms with van der Waals surface area (Å²) in [5.74, 6) is 0.188. The van der Waals surface area contributed by atoms with Crippen molar-refractivity contribution < 1.29 is 13.2 Å². The Hall–Kier alpha value is -2.09. The quantitative estimate of drug-likeness (QED) is 0.797. The third kappa shape index (κ3) is 5.45. The van der Waals surface area contributed by atoms with Crippen LogP contribution in [0.1, 0.15) is 23.5 Å². The molecule has 1 aliphatic rings. The van der Waals surface area contributed by atoms with E-state index in [0.29, 0.717) is 30.3 Å². The number of benzene rings is 2. The molecule has 144 valence electrons. The number of urea groups is 1. The summed E-state index contributed by atoms with van der Waals surface area (Å²) in [6, 6.07) is 14.5. The number of anilines is 1. The Balaban J connectivity index is 1.51. The first kappa shape index (κ1) is 19.7. The molecule has 0 spiro atoms. The lowest BCUT2D eigenvalue weighted by Gasteiger charge is -2.14. The number of carbonyl (C=O) groups is 1. The van der Waals surface area contributed by atoms with Crippen LogP contribution < -0.4 is 10.6 Å². The number of carbonyl (C=O) groups excluding carboxylic acids is 1. The van der Waals surface area contributed by atoms with Crippen LogP contribution in [0.25, 0.3) is 0 Å². The third-order valence-electron chi connectivity index (χ3n) is 4.63. The van der Waals surface area contributed by atoms with Crippen molar-refractivity contribution >= 4 is 33.3 Å². The second-order valence-corrected chi connectivity index (χ2v) is 9.08. The number of nitrogens with zero attached hydrogens (tertiary/aromatic N) is 1. The van der Waals surface area contributed by atoms with E-state index in [2.05, 4.69) is 10.6 Å². The first-order chi connectivity index (χ1) is 12.8. The van der Waals surface area contributed by atoms with Crippen LogP contribution in [0.3, 0.4) is 0 Å². The summed E-state index contributed by atoms with van der Waals surface area (Å²) < 4.78 is 24.8. The molecule has 0 aliphatic carbocycles. The fourth-order valence-electron chi connectivity index (χ4n) is 3.10. The highest BCUT2D eigenvalue weighted by Crippen LogP contribution is 2.29. The molecule has 1 fully saturated rings. The molecule has 0 bridgehead atoms. The van der Waals surface area contributed by atoms with Crippen molar-refractivity contribution in [2.24, 2.45) is 0 Å². The summed E-state index contributed by atoms with van der Waals surface area (Å²) in [6.45, 7) is 1.47. The molecule has 0 unspecified atom stereocenters. The number of hydrogen-bond donors (Lipinski definition) is 2. The Labute approximate surface area is 164 Å². The summed E-state index contributed by atoms with van der Waals surface area (Å²) in [4.78, 5) is 12.0. The fourth-order valence-corrected chi connectivity index (χ4v) is 4.11. The minimum absolute atomic E-state index is 0.188. The molecule has 0 aromatic heterocycles. The van der Waals surface area contributed by atoms with Gasteiger partial charge in [0.2, 0.25) is 10.0 Å². The lowest BCUT2D eigenvalue weighted by Crippen LogP contribution is -2.28. The summed E-state index contributed by atoms with van der Waals surface area (Å²) in [7, 11) is -3.14. The van der Waals surface area contributed by atoms with Gasteiger partial charge in [0, 0.05) is 30.3 Å². The molecule has 8 heteroatoms. The molecule has 1 aliphatic heterocycles. The topological polar surface area (TPSA) is 78.5 Å². The van der Waals surface area contributed by atoms with Crippen LogP contribution in [0, 0.1) is 0 Å². The van der Waals surface area contributed by atoms with Gasteiger partial charge in [-0.1, -0.05) is 35.9 Å². The first-order valence-corrected chi connectivity index (χ1v) is 10.9. The van der Waals surface area contributed by atoms with E-state index in [9.17, 15) is 13.2 Å². The Morgan fingerprint density at radius 1 is 1.15 bits per heavy atom. The molecule has 2 N–H and O–H groups in total. The maximum absolute atomic E-state index is 12.0. The van der Waals surface area contributed by atoms with Gasteiger partial charge in [-0.2, -0.15) is 0 Å². The number of halogens is 1. The molecule has 1 saturated heterocycles. The van der Waals surface area contributed by atoms with E-state index in [1.165, 1.54) is 10.6 Å². The highest BCUT2D eigenvalue weighted by atomic mass is 35.5. The Kier molecular flexibility index (Phi) is 6.04. The molecule has 27 heavy (non-hydrogen) atoms. The van der Waals surface area contributed by atoms with Gasteiger partial charge in [0.05, 0.1) is 6.26 Å². The highest BCUT2D eigenvalue weighted by molar-refractivity contribution is 7.88. The predicted octanol–water partition coefficient (Wildman–Crippen LogP) is 3.41. The number of rotatable bonds is 5. The molecular weight excluding hydrogens is 386 g/mol. The van der Waals surface area contributed by atoms with Gasteiger partial charge in [0.25, 0.3) is 0 Å². The van der Waals surface area contributed by atoms with E-state index in [-0.39, 0.29) is 11.9 Å². The normalized spacial score (nSPS) is 17.6. The van der Waals surface area contributed by atoms with Gasteiger partial charge in [0.1, 0.15) is 0 Å². The highest BCUT2D eigenvalue weighted by Gasteiger charge is 2.29. The van der Waals surface area contributed by atoms with E-state index in [1.54, 1.807) is 12.1 Å². The number of sulfonamides is 1. The number of hydrogen-bond acceptors (Lipinski definition) is 3. The second-order valence-electron chi connectivity index (χ2n) is 6.66. The molecule has 2 amide bonds. The largest absolute Gasteiger partial charge is 0.334 e. The van der Waals surface area contributed by atoms with Crippen LogP contribution in [0.2, 0.25) is 5.02 Å². The lowest BCUT2D eigenvalue weighted by atomic mass is 9.98. The molecule has 1 heterocycles. The predicted molar refractivity (Wildman–Crippen MR) is 108 cm³/mol. The SMILES string of the molecule is CS(=O)(=O)N1CC[C@@H](c2ccc(NC(=O)NCc3ccc(Cl)cc3)cc2)C1. The maximum Gasteiger partial charge on any atom is 0.319 e. The molecule has 0 saturated carbocycles. The molecule has 3 rings (SSSR count). The maximum atomic E-state index is 12.0.